The lowest BCUT2D eigenvalue weighted by Gasteiger charge is -2.45. The topological polar surface area (TPSA) is 91.0 Å². The van der Waals surface area contributed by atoms with Crippen LogP contribution in [0.4, 0.5) is 0 Å². The molecule has 0 radical (unpaired) electrons. The minimum Gasteiger partial charge on any atom is -0.451 e. The molecule has 0 spiro atoms. The molecule has 2 aromatic carbocycles. The Morgan fingerprint density at radius 2 is 1.86 bits per heavy atom. The Morgan fingerprint density at radius 1 is 1.14 bits per heavy atom. The van der Waals surface area contributed by atoms with E-state index in [1.54, 1.807) is 29.2 Å². The highest BCUT2D eigenvalue weighted by Crippen LogP contribution is 2.34. The number of carbonyl (C=O) groups excluding carboxylic acids is 1. The number of likely N-dealkylation sites (tertiary alicyclic amines) is 1. The van der Waals surface area contributed by atoms with Gasteiger partial charge in [0.25, 0.3) is 5.91 Å². The van der Waals surface area contributed by atoms with E-state index < -0.39 is 17.4 Å². The number of nitrogens with zero attached hydrogens (tertiary/aromatic N) is 1. The summed E-state index contributed by atoms with van der Waals surface area (Å²) in [5.74, 6) is -0.442. The summed E-state index contributed by atoms with van der Waals surface area (Å²) in [7, 11) is 0. The molecule has 29 heavy (non-hydrogen) atoms. The molecule has 1 saturated heterocycles. The molecule has 1 aliphatic heterocycles. The maximum atomic E-state index is 13.1. The van der Waals surface area contributed by atoms with Crippen molar-refractivity contribution in [1.82, 2.24) is 4.90 Å². The quantitative estimate of drug-likeness (QED) is 0.709. The lowest BCUT2D eigenvalue weighted by Crippen LogP contribution is -2.56. The van der Waals surface area contributed by atoms with Crippen molar-refractivity contribution in [3.8, 4) is 0 Å². The molecule has 2 atom stereocenters. The molecule has 1 aromatic heterocycles. The standard InChI is InChI=1S/C23H23NO5/c25-15-23(13-16-6-2-1-3-7-16)14-24(11-10-21(23)27)22(28)20-12-18(26)17-8-4-5-9-19(17)29-20/h1-9,12,21,25,27H,10-11,13-15H2/t21-,23+/m1/s1. The molecule has 1 amide bonds. The van der Waals surface area contributed by atoms with Crippen LogP contribution in [0.1, 0.15) is 22.5 Å². The summed E-state index contributed by atoms with van der Waals surface area (Å²) in [5, 5.41) is 21.2. The van der Waals surface area contributed by atoms with E-state index in [1.165, 1.54) is 6.07 Å². The van der Waals surface area contributed by atoms with Gasteiger partial charge < -0.3 is 19.5 Å². The van der Waals surface area contributed by atoms with Crippen LogP contribution in [0, 0.1) is 5.41 Å². The van der Waals surface area contributed by atoms with Crippen molar-refractivity contribution in [3.05, 3.63) is 82.2 Å². The van der Waals surface area contributed by atoms with Gasteiger partial charge in [0.2, 0.25) is 0 Å². The fraction of sp³-hybridized carbons (Fsp3) is 0.304. The Labute approximate surface area is 168 Å². The number of para-hydroxylation sites is 1. The summed E-state index contributed by atoms with van der Waals surface area (Å²) >= 11 is 0. The SMILES string of the molecule is O=C(c1cc(=O)c2ccccc2o1)N1CC[C@@H](O)[C@@](CO)(Cc2ccccc2)C1. The summed E-state index contributed by atoms with van der Waals surface area (Å²) in [6, 6.07) is 17.6. The third kappa shape index (κ3) is 3.69. The first-order chi connectivity index (χ1) is 14.0. The van der Waals surface area contributed by atoms with Crippen molar-refractivity contribution in [2.45, 2.75) is 18.9 Å². The van der Waals surface area contributed by atoms with Crippen molar-refractivity contribution >= 4 is 16.9 Å². The van der Waals surface area contributed by atoms with Gasteiger partial charge in [-0.1, -0.05) is 42.5 Å². The molecule has 6 nitrogen and oxygen atoms in total. The number of aliphatic hydroxyl groups is 2. The number of rotatable bonds is 4. The molecule has 6 heteroatoms. The summed E-state index contributed by atoms with van der Waals surface area (Å²) in [6.45, 7) is 0.247. The maximum Gasteiger partial charge on any atom is 0.289 e. The number of fused-ring (bicyclic) bond motifs is 1. The van der Waals surface area contributed by atoms with Gasteiger partial charge in [-0.15, -0.1) is 0 Å². The zero-order chi connectivity index (χ0) is 20.4. The highest BCUT2D eigenvalue weighted by molar-refractivity contribution is 5.93. The van der Waals surface area contributed by atoms with E-state index in [4.69, 9.17) is 4.42 Å². The number of amides is 1. The lowest BCUT2D eigenvalue weighted by atomic mass is 9.73. The predicted octanol–water partition coefficient (Wildman–Crippen LogP) is 2.22. The average Bonchev–Trinajstić information content (AvgIpc) is 2.75. The number of aliphatic hydroxyl groups excluding tert-OH is 2. The van der Waals surface area contributed by atoms with Gasteiger partial charge in [-0.2, -0.15) is 0 Å². The number of benzene rings is 2. The number of hydrogen-bond donors (Lipinski definition) is 2. The van der Waals surface area contributed by atoms with Crippen LogP contribution < -0.4 is 5.43 Å². The smallest absolute Gasteiger partial charge is 0.289 e. The van der Waals surface area contributed by atoms with Crippen molar-refractivity contribution in [3.63, 3.8) is 0 Å². The highest BCUT2D eigenvalue weighted by Gasteiger charge is 2.44. The van der Waals surface area contributed by atoms with Crippen LogP contribution in [0.15, 0.2) is 69.9 Å². The molecule has 3 aromatic rings. The molecule has 0 unspecified atom stereocenters. The zero-order valence-corrected chi connectivity index (χ0v) is 16.0. The van der Waals surface area contributed by atoms with Crippen LogP contribution in [0.5, 0.6) is 0 Å². The zero-order valence-electron chi connectivity index (χ0n) is 16.0. The average molecular weight is 393 g/mol. The van der Waals surface area contributed by atoms with E-state index in [-0.39, 0.29) is 24.3 Å². The van der Waals surface area contributed by atoms with E-state index in [0.717, 1.165) is 5.56 Å². The Morgan fingerprint density at radius 3 is 2.62 bits per heavy atom. The molecular weight excluding hydrogens is 370 g/mol. The van der Waals surface area contributed by atoms with Gasteiger partial charge in [0.1, 0.15) is 5.58 Å². The second-order valence-electron chi connectivity index (χ2n) is 7.69. The summed E-state index contributed by atoms with van der Waals surface area (Å²) < 4.78 is 5.69. The van der Waals surface area contributed by atoms with Crippen LogP contribution in [0.25, 0.3) is 11.0 Å². The molecule has 150 valence electrons. The highest BCUT2D eigenvalue weighted by atomic mass is 16.3. The van der Waals surface area contributed by atoms with E-state index in [2.05, 4.69) is 0 Å². The van der Waals surface area contributed by atoms with Gasteiger partial charge in [0.15, 0.2) is 11.2 Å². The Bertz CT molecular complexity index is 1080. The van der Waals surface area contributed by atoms with Crippen molar-refractivity contribution in [1.29, 1.82) is 0 Å². The fourth-order valence-corrected chi connectivity index (χ4v) is 4.07. The molecule has 1 fully saturated rings. The van der Waals surface area contributed by atoms with Gasteiger partial charge in [-0.05, 0) is 30.5 Å². The predicted molar refractivity (Wildman–Crippen MR) is 109 cm³/mol. The first-order valence-electron chi connectivity index (χ1n) is 9.67. The van der Waals surface area contributed by atoms with Crippen molar-refractivity contribution < 1.29 is 19.4 Å². The largest absolute Gasteiger partial charge is 0.451 e. The summed E-state index contributed by atoms with van der Waals surface area (Å²) in [6.07, 6.45) is 0.0498. The van der Waals surface area contributed by atoms with Crippen LogP contribution in [-0.4, -0.2) is 46.8 Å². The number of carbonyl (C=O) groups is 1. The molecule has 2 heterocycles. The molecule has 4 rings (SSSR count). The third-order valence-electron chi connectivity index (χ3n) is 5.73. The Hall–Kier alpha value is -2.96. The molecular formula is C23H23NO5. The molecule has 2 N–H and O–H groups in total. The third-order valence-corrected chi connectivity index (χ3v) is 5.73. The number of hydrogen-bond acceptors (Lipinski definition) is 5. The van der Waals surface area contributed by atoms with E-state index in [9.17, 15) is 19.8 Å². The summed E-state index contributed by atoms with van der Waals surface area (Å²) in [5.41, 5.74) is 0.196. The fourth-order valence-electron chi connectivity index (χ4n) is 4.07. The molecule has 0 bridgehead atoms. The van der Waals surface area contributed by atoms with Gasteiger partial charge in [-0.25, -0.2) is 0 Å². The van der Waals surface area contributed by atoms with Gasteiger partial charge in [0, 0.05) is 24.6 Å². The second-order valence-corrected chi connectivity index (χ2v) is 7.69. The minimum absolute atomic E-state index is 0.0309. The molecule has 0 aliphatic carbocycles. The summed E-state index contributed by atoms with van der Waals surface area (Å²) in [4.78, 5) is 27.0. The number of piperidine rings is 1. The van der Waals surface area contributed by atoms with E-state index in [1.807, 2.05) is 30.3 Å². The van der Waals surface area contributed by atoms with Crippen LogP contribution >= 0.6 is 0 Å². The first kappa shape index (κ1) is 19.4. The normalized spacial score (nSPS) is 22.0. The monoisotopic (exact) mass is 393 g/mol. The van der Waals surface area contributed by atoms with E-state index >= 15 is 0 Å². The molecule has 1 aliphatic rings. The van der Waals surface area contributed by atoms with Crippen LogP contribution in [0.2, 0.25) is 0 Å². The van der Waals surface area contributed by atoms with Crippen molar-refractivity contribution in [2.24, 2.45) is 5.41 Å². The minimum atomic E-state index is -0.869. The van der Waals surface area contributed by atoms with Gasteiger partial charge in [-0.3, -0.25) is 9.59 Å². The van der Waals surface area contributed by atoms with Gasteiger partial charge in [0.05, 0.1) is 18.1 Å². The van der Waals surface area contributed by atoms with Crippen LogP contribution in [0.3, 0.4) is 0 Å². The van der Waals surface area contributed by atoms with Crippen molar-refractivity contribution in [2.75, 3.05) is 19.7 Å². The molecule has 0 saturated carbocycles. The Kier molecular flexibility index (Phi) is 5.22. The van der Waals surface area contributed by atoms with Crippen LogP contribution in [-0.2, 0) is 6.42 Å². The second kappa shape index (κ2) is 7.81. The van der Waals surface area contributed by atoms with E-state index in [0.29, 0.717) is 30.4 Å². The Balaban J connectivity index is 1.63. The van der Waals surface area contributed by atoms with Gasteiger partial charge >= 0.3 is 0 Å². The first-order valence-corrected chi connectivity index (χ1v) is 9.67. The lowest BCUT2D eigenvalue weighted by molar-refractivity contribution is -0.0673. The maximum absolute atomic E-state index is 13.1.